The Bertz CT molecular complexity index is 883. The zero-order valence-corrected chi connectivity index (χ0v) is 34.0. The lowest BCUT2D eigenvalue weighted by atomic mass is 9.99. The molecular weight excluding hydrogens is 670 g/mol. The zero-order valence-electron chi connectivity index (χ0n) is 34.0. The van der Waals surface area contributed by atoms with Gasteiger partial charge in [-0.2, -0.15) is 0 Å². The smallest absolute Gasteiger partial charge is 0.220 e. The second-order valence-corrected chi connectivity index (χ2v) is 15.5. The zero-order chi connectivity index (χ0) is 38.8. The van der Waals surface area contributed by atoms with Crippen LogP contribution in [0.4, 0.5) is 0 Å². The summed E-state index contributed by atoms with van der Waals surface area (Å²) in [5, 5.41) is 54.1. The van der Waals surface area contributed by atoms with E-state index in [2.05, 4.69) is 31.3 Å². The van der Waals surface area contributed by atoms with Crippen LogP contribution in [0.1, 0.15) is 194 Å². The Morgan fingerprint density at radius 1 is 0.623 bits per heavy atom. The van der Waals surface area contributed by atoms with Gasteiger partial charge in [0.15, 0.2) is 6.29 Å². The minimum absolute atomic E-state index is 0.187. The van der Waals surface area contributed by atoms with Crippen LogP contribution in [0.5, 0.6) is 0 Å². The first-order chi connectivity index (χ1) is 25.8. The maximum Gasteiger partial charge on any atom is 0.220 e. The average molecular weight is 754 g/mol. The Morgan fingerprint density at radius 2 is 1.08 bits per heavy atom. The summed E-state index contributed by atoms with van der Waals surface area (Å²) in [4.78, 5) is 12.9. The van der Waals surface area contributed by atoms with Crippen LogP contribution in [-0.2, 0) is 14.3 Å². The van der Waals surface area contributed by atoms with Crippen molar-refractivity contribution >= 4 is 5.91 Å². The number of carbonyl (C=O) groups is 1. The third-order valence-corrected chi connectivity index (χ3v) is 10.5. The molecule has 9 heteroatoms. The third kappa shape index (κ3) is 26.2. The van der Waals surface area contributed by atoms with E-state index in [0.29, 0.717) is 6.42 Å². The van der Waals surface area contributed by atoms with E-state index in [9.17, 15) is 30.3 Å². The number of aliphatic hydroxyl groups excluding tert-OH is 5. The molecule has 0 radical (unpaired) electrons. The maximum absolute atomic E-state index is 12.9. The maximum atomic E-state index is 12.9. The molecule has 2 unspecified atom stereocenters. The molecule has 0 bridgehead atoms. The van der Waals surface area contributed by atoms with Crippen LogP contribution in [0.25, 0.3) is 0 Å². The van der Waals surface area contributed by atoms with Crippen molar-refractivity contribution in [3.8, 4) is 0 Å². The summed E-state index contributed by atoms with van der Waals surface area (Å²) in [7, 11) is 0. The van der Waals surface area contributed by atoms with Crippen molar-refractivity contribution in [1.29, 1.82) is 0 Å². The molecule has 1 aliphatic rings. The summed E-state index contributed by atoms with van der Waals surface area (Å²) >= 11 is 0. The lowest BCUT2D eigenvalue weighted by Gasteiger charge is -2.40. The molecule has 0 aliphatic carbocycles. The monoisotopic (exact) mass is 754 g/mol. The lowest BCUT2D eigenvalue weighted by molar-refractivity contribution is -0.302. The van der Waals surface area contributed by atoms with E-state index in [-0.39, 0.29) is 12.5 Å². The Morgan fingerprint density at radius 3 is 1.58 bits per heavy atom. The first-order valence-electron chi connectivity index (χ1n) is 22.1. The predicted molar refractivity (Wildman–Crippen MR) is 217 cm³/mol. The van der Waals surface area contributed by atoms with E-state index in [1.807, 2.05) is 6.08 Å². The topological polar surface area (TPSA) is 149 Å². The minimum atomic E-state index is -1.57. The molecule has 0 spiro atoms. The summed E-state index contributed by atoms with van der Waals surface area (Å²) in [6, 6.07) is -0.815. The van der Waals surface area contributed by atoms with Crippen molar-refractivity contribution in [1.82, 2.24) is 5.32 Å². The largest absolute Gasteiger partial charge is 0.394 e. The number of allylic oxidation sites excluding steroid dienone is 3. The van der Waals surface area contributed by atoms with E-state index < -0.39 is 49.5 Å². The molecular formula is C44H83NO8. The van der Waals surface area contributed by atoms with Gasteiger partial charge in [-0.1, -0.05) is 179 Å². The van der Waals surface area contributed by atoms with Crippen LogP contribution in [-0.4, -0.2) is 87.5 Å². The minimum Gasteiger partial charge on any atom is -0.394 e. The number of aliphatic hydroxyl groups is 5. The van der Waals surface area contributed by atoms with Gasteiger partial charge in [0.1, 0.15) is 24.4 Å². The molecule has 312 valence electrons. The van der Waals surface area contributed by atoms with E-state index in [4.69, 9.17) is 9.47 Å². The Hall–Kier alpha value is -1.33. The molecule has 1 rings (SSSR count). The average Bonchev–Trinajstić information content (AvgIpc) is 3.16. The summed E-state index contributed by atoms with van der Waals surface area (Å²) in [5.74, 6) is -0.187. The normalized spacial score (nSPS) is 21.8. The number of rotatable bonds is 36. The predicted octanol–water partition coefficient (Wildman–Crippen LogP) is 8.72. The first-order valence-corrected chi connectivity index (χ1v) is 22.1. The van der Waals surface area contributed by atoms with E-state index in [1.165, 1.54) is 135 Å². The second kappa shape index (κ2) is 35.1. The number of carbonyl (C=O) groups excluding carboxylic acids is 1. The van der Waals surface area contributed by atoms with Crippen molar-refractivity contribution in [2.45, 2.75) is 236 Å². The highest BCUT2D eigenvalue weighted by atomic mass is 16.7. The number of ether oxygens (including phenoxy) is 2. The van der Waals surface area contributed by atoms with Crippen molar-refractivity contribution < 1.29 is 39.8 Å². The van der Waals surface area contributed by atoms with Gasteiger partial charge in [0.05, 0.1) is 25.4 Å². The second-order valence-electron chi connectivity index (χ2n) is 15.5. The van der Waals surface area contributed by atoms with Crippen LogP contribution in [0.15, 0.2) is 24.3 Å². The highest BCUT2D eigenvalue weighted by Gasteiger charge is 2.44. The van der Waals surface area contributed by atoms with Gasteiger partial charge in [-0.3, -0.25) is 4.79 Å². The van der Waals surface area contributed by atoms with Crippen LogP contribution in [0.3, 0.4) is 0 Å². The molecule has 53 heavy (non-hydrogen) atoms. The summed E-state index contributed by atoms with van der Waals surface area (Å²) in [5.41, 5.74) is 0. The van der Waals surface area contributed by atoms with Crippen molar-refractivity contribution in [3.05, 3.63) is 24.3 Å². The molecule has 1 saturated heterocycles. The van der Waals surface area contributed by atoms with Gasteiger partial charge in [0.25, 0.3) is 0 Å². The van der Waals surface area contributed by atoms with Gasteiger partial charge in [-0.15, -0.1) is 0 Å². The van der Waals surface area contributed by atoms with E-state index >= 15 is 0 Å². The fourth-order valence-electron chi connectivity index (χ4n) is 6.94. The molecule has 0 aromatic rings. The Kier molecular flexibility index (Phi) is 32.9. The van der Waals surface area contributed by atoms with Crippen LogP contribution in [0.2, 0.25) is 0 Å². The Labute approximate surface area is 324 Å². The number of hydrogen-bond acceptors (Lipinski definition) is 8. The molecule has 1 amide bonds. The third-order valence-electron chi connectivity index (χ3n) is 10.5. The van der Waals surface area contributed by atoms with Crippen molar-refractivity contribution in [2.75, 3.05) is 13.2 Å². The van der Waals surface area contributed by atoms with Gasteiger partial charge in [-0.25, -0.2) is 0 Å². The molecule has 9 nitrogen and oxygen atoms in total. The fourth-order valence-corrected chi connectivity index (χ4v) is 6.94. The van der Waals surface area contributed by atoms with Crippen LogP contribution >= 0.6 is 0 Å². The molecule has 6 N–H and O–H groups in total. The van der Waals surface area contributed by atoms with Crippen molar-refractivity contribution in [2.24, 2.45) is 0 Å². The van der Waals surface area contributed by atoms with Crippen molar-refractivity contribution in [3.63, 3.8) is 0 Å². The molecule has 0 saturated carbocycles. The molecule has 0 aromatic heterocycles. The summed E-state index contributed by atoms with van der Waals surface area (Å²) < 4.78 is 11.2. The van der Waals surface area contributed by atoms with E-state index in [1.54, 1.807) is 6.08 Å². The molecule has 1 heterocycles. The molecule has 1 fully saturated rings. The molecule has 7 atom stereocenters. The summed E-state index contributed by atoms with van der Waals surface area (Å²) in [6.45, 7) is 3.75. The van der Waals surface area contributed by atoms with Gasteiger partial charge < -0.3 is 40.3 Å². The lowest BCUT2D eigenvalue weighted by Crippen LogP contribution is -2.60. The van der Waals surface area contributed by atoms with Gasteiger partial charge in [0, 0.05) is 6.42 Å². The number of nitrogens with one attached hydrogen (secondary N) is 1. The van der Waals surface area contributed by atoms with Gasteiger partial charge in [0.2, 0.25) is 5.91 Å². The number of hydrogen-bond donors (Lipinski definition) is 6. The van der Waals surface area contributed by atoms with Gasteiger partial charge >= 0.3 is 0 Å². The summed E-state index contributed by atoms with van der Waals surface area (Å²) in [6.07, 6.45) is 33.6. The van der Waals surface area contributed by atoms with Crippen LogP contribution < -0.4 is 5.32 Å². The number of unbranched alkanes of at least 4 members (excludes halogenated alkanes) is 24. The van der Waals surface area contributed by atoms with Crippen LogP contribution in [0, 0.1) is 0 Å². The SMILES string of the molecule is CCCCCCCCCCCCC/C=C/CC/C=C/[C@@H](O)[C@H](CO[C@@H]1O[C@H](CO)[C@@H](O)C(O)C1O)NC(=O)CCCCCCCCCCCCCCC. The highest BCUT2D eigenvalue weighted by molar-refractivity contribution is 5.76. The molecule has 1 aliphatic heterocycles. The van der Waals surface area contributed by atoms with E-state index in [0.717, 1.165) is 38.5 Å². The highest BCUT2D eigenvalue weighted by Crippen LogP contribution is 2.22. The standard InChI is InChI=1S/C44H83NO8/c1-3-5-7-9-11-13-15-17-18-19-20-22-23-25-27-29-31-33-38(47)37(36-52-44-43(51)42(50)41(49)39(35-46)53-44)45-40(48)34-32-30-28-26-24-21-16-14-12-10-8-6-4-2/h23,25,31,33,37-39,41-44,46-47,49-51H,3-22,24,26-30,32,34-36H2,1-2H3,(H,45,48)/b25-23+,33-31+/t37-,38+,39+,41+,42?,43?,44+/m0/s1. The quantitative estimate of drug-likeness (QED) is 0.0275. The Balaban J connectivity index is 2.41. The first kappa shape index (κ1) is 49.7. The van der Waals surface area contributed by atoms with Gasteiger partial charge in [-0.05, 0) is 32.1 Å². The molecule has 0 aromatic carbocycles. The number of amides is 1. The fraction of sp³-hybridized carbons (Fsp3) is 0.886.